The molecule has 1 heterocycles. The average molecular weight is 402 g/mol. The lowest BCUT2D eigenvalue weighted by atomic mass is 10.3. The van der Waals surface area contributed by atoms with E-state index < -0.39 is 5.82 Å². The summed E-state index contributed by atoms with van der Waals surface area (Å²) >= 11 is 7.45. The zero-order valence-electron chi connectivity index (χ0n) is 13.7. The molecule has 26 heavy (non-hydrogen) atoms. The van der Waals surface area contributed by atoms with Crippen molar-refractivity contribution >= 4 is 40.7 Å². The second kappa shape index (κ2) is 11.9. The number of halogens is 2. The van der Waals surface area contributed by atoms with Crippen LogP contribution in [0.15, 0.2) is 27.8 Å². The number of nitriles is 1. The number of nitrogens with two attached hydrogens (primary N) is 1. The first-order valence-corrected chi connectivity index (χ1v) is 8.93. The van der Waals surface area contributed by atoms with Crippen molar-refractivity contribution in [1.29, 1.82) is 5.26 Å². The number of hydrogen-bond acceptors (Lipinski definition) is 9. The Morgan fingerprint density at radius 3 is 2.88 bits per heavy atom. The maximum Gasteiger partial charge on any atom is 0.202 e. The van der Waals surface area contributed by atoms with Crippen LogP contribution >= 0.6 is 23.4 Å². The SMILES string of the molecule is CSCCCNc1nonc1C(=Nc1ccc(F)c(Cl)c1)NO.N#CN. The van der Waals surface area contributed by atoms with Gasteiger partial charge in [-0.15, -0.1) is 0 Å². The van der Waals surface area contributed by atoms with E-state index in [0.29, 0.717) is 18.1 Å². The van der Waals surface area contributed by atoms with Gasteiger partial charge < -0.3 is 11.1 Å². The summed E-state index contributed by atoms with van der Waals surface area (Å²) in [7, 11) is 0. The predicted octanol–water partition coefficient (Wildman–Crippen LogP) is 2.51. The Morgan fingerprint density at radius 2 is 2.27 bits per heavy atom. The van der Waals surface area contributed by atoms with Gasteiger partial charge in [0.1, 0.15) is 5.82 Å². The van der Waals surface area contributed by atoms with E-state index in [9.17, 15) is 9.60 Å². The van der Waals surface area contributed by atoms with E-state index in [0.717, 1.165) is 12.2 Å². The minimum atomic E-state index is -0.552. The minimum Gasteiger partial charge on any atom is -0.365 e. The fourth-order valence-electron chi connectivity index (χ4n) is 1.70. The number of benzene rings is 1. The summed E-state index contributed by atoms with van der Waals surface area (Å²) in [6.07, 6.45) is 4.21. The lowest BCUT2D eigenvalue weighted by Gasteiger charge is -2.05. The van der Waals surface area contributed by atoms with Crippen LogP contribution < -0.4 is 16.5 Å². The number of rotatable bonds is 7. The molecule has 2 rings (SSSR count). The number of aromatic nitrogens is 2. The number of aliphatic imine (C=N–C) groups is 1. The summed E-state index contributed by atoms with van der Waals surface area (Å²) in [5.74, 6) is 0.797. The molecular weight excluding hydrogens is 385 g/mol. The maximum absolute atomic E-state index is 13.2. The number of thioether (sulfide) groups is 1. The van der Waals surface area contributed by atoms with Crippen LogP contribution in [0.1, 0.15) is 12.1 Å². The summed E-state index contributed by atoms with van der Waals surface area (Å²) in [5.41, 5.74) is 6.63. The first-order chi connectivity index (χ1) is 12.6. The van der Waals surface area contributed by atoms with Gasteiger partial charge in [-0.3, -0.25) is 10.7 Å². The Kier molecular flexibility index (Phi) is 9.85. The molecule has 140 valence electrons. The second-order valence-electron chi connectivity index (χ2n) is 4.53. The smallest absolute Gasteiger partial charge is 0.202 e. The van der Waals surface area contributed by atoms with Crippen molar-refractivity contribution < 1.29 is 14.2 Å². The highest BCUT2D eigenvalue weighted by atomic mass is 35.5. The first kappa shape index (κ1) is 21.5. The number of amidine groups is 1. The molecule has 0 aliphatic heterocycles. The molecule has 1 aromatic carbocycles. The van der Waals surface area contributed by atoms with E-state index in [-0.39, 0.29) is 16.6 Å². The molecule has 0 unspecified atom stereocenters. The van der Waals surface area contributed by atoms with Gasteiger partial charge in [-0.05, 0) is 46.9 Å². The van der Waals surface area contributed by atoms with Crippen LogP contribution in [0.3, 0.4) is 0 Å². The van der Waals surface area contributed by atoms with E-state index in [4.69, 9.17) is 16.9 Å². The predicted molar refractivity (Wildman–Crippen MR) is 98.1 cm³/mol. The van der Waals surface area contributed by atoms with Crippen molar-refractivity contribution in [3.8, 4) is 6.19 Å². The summed E-state index contributed by atoms with van der Waals surface area (Å²) in [6, 6.07) is 3.92. The lowest BCUT2D eigenvalue weighted by molar-refractivity contribution is 0.234. The zero-order valence-corrected chi connectivity index (χ0v) is 15.3. The zero-order chi connectivity index (χ0) is 19.4. The molecule has 0 saturated heterocycles. The molecule has 0 amide bonds. The standard InChI is InChI=1S/C13H15ClFN5O2S.CH2N2/c1-23-6-2-5-16-12-11(19-22-20-12)13(18-21)17-8-3-4-10(15)9(14)7-8;2-1-3/h3-4,7,21H,2,5-6H2,1H3,(H,16,20)(H,17,18);2H2. The van der Waals surface area contributed by atoms with Crippen molar-refractivity contribution in [2.75, 3.05) is 23.9 Å². The molecule has 9 nitrogen and oxygen atoms in total. The van der Waals surface area contributed by atoms with Gasteiger partial charge in [-0.1, -0.05) is 11.6 Å². The molecule has 0 radical (unpaired) electrons. The van der Waals surface area contributed by atoms with Crippen molar-refractivity contribution in [2.24, 2.45) is 10.7 Å². The molecule has 0 saturated carbocycles. The quantitative estimate of drug-likeness (QED) is 0.137. The summed E-state index contributed by atoms with van der Waals surface area (Å²) < 4.78 is 17.8. The van der Waals surface area contributed by atoms with Crippen LogP contribution in [0.2, 0.25) is 5.02 Å². The van der Waals surface area contributed by atoms with Gasteiger partial charge >= 0.3 is 0 Å². The molecule has 5 N–H and O–H groups in total. The molecular formula is C14H17ClFN7O2S. The minimum absolute atomic E-state index is 0.00120. The van der Waals surface area contributed by atoms with Gasteiger partial charge in [0, 0.05) is 6.54 Å². The monoisotopic (exact) mass is 401 g/mol. The van der Waals surface area contributed by atoms with E-state index in [1.807, 2.05) is 11.7 Å². The van der Waals surface area contributed by atoms with Gasteiger partial charge in [-0.25, -0.2) is 14.0 Å². The number of nitrogens with zero attached hydrogens (tertiary/aromatic N) is 4. The van der Waals surface area contributed by atoms with Gasteiger partial charge in [0.25, 0.3) is 0 Å². The van der Waals surface area contributed by atoms with Gasteiger partial charge in [0.15, 0.2) is 17.7 Å². The van der Waals surface area contributed by atoms with Crippen LogP contribution in [0.5, 0.6) is 0 Å². The van der Waals surface area contributed by atoms with E-state index in [1.165, 1.54) is 24.4 Å². The summed E-state index contributed by atoms with van der Waals surface area (Å²) in [6.45, 7) is 0.670. The van der Waals surface area contributed by atoms with Crippen molar-refractivity contribution in [1.82, 2.24) is 15.8 Å². The molecule has 0 aliphatic rings. The van der Waals surface area contributed by atoms with Crippen LogP contribution in [0.25, 0.3) is 0 Å². The van der Waals surface area contributed by atoms with Gasteiger partial charge in [0.05, 0.1) is 10.7 Å². The Bertz CT molecular complexity index is 766. The third-order valence-electron chi connectivity index (χ3n) is 2.78. The normalized spacial score (nSPS) is 10.5. The van der Waals surface area contributed by atoms with Crippen LogP contribution in [0.4, 0.5) is 15.9 Å². The third kappa shape index (κ3) is 6.75. The fourth-order valence-corrected chi connectivity index (χ4v) is 2.31. The van der Waals surface area contributed by atoms with E-state index in [2.05, 4.69) is 31.0 Å². The van der Waals surface area contributed by atoms with Gasteiger partial charge in [-0.2, -0.15) is 17.0 Å². The molecule has 0 atom stereocenters. The first-order valence-electron chi connectivity index (χ1n) is 7.16. The molecule has 0 aliphatic carbocycles. The van der Waals surface area contributed by atoms with Crippen LogP contribution in [-0.2, 0) is 0 Å². The Morgan fingerprint density at radius 1 is 1.54 bits per heavy atom. The van der Waals surface area contributed by atoms with Gasteiger partial charge in [0.2, 0.25) is 5.82 Å². The molecule has 0 spiro atoms. The number of hydroxylamine groups is 1. The molecule has 0 bridgehead atoms. The topological polar surface area (TPSA) is 145 Å². The Labute approximate surface area is 158 Å². The molecule has 1 aromatic heterocycles. The number of nitrogens with one attached hydrogen (secondary N) is 2. The van der Waals surface area contributed by atoms with Crippen molar-refractivity contribution in [2.45, 2.75) is 6.42 Å². The fraction of sp³-hybridized carbons (Fsp3) is 0.286. The number of hydrogen-bond donors (Lipinski definition) is 4. The highest BCUT2D eigenvalue weighted by Crippen LogP contribution is 2.22. The summed E-state index contributed by atoms with van der Waals surface area (Å²) in [4.78, 5) is 4.12. The van der Waals surface area contributed by atoms with Crippen molar-refractivity contribution in [3.05, 3.63) is 34.7 Å². The molecule has 12 heteroatoms. The highest BCUT2D eigenvalue weighted by Gasteiger charge is 2.16. The second-order valence-corrected chi connectivity index (χ2v) is 5.93. The maximum atomic E-state index is 13.2. The summed E-state index contributed by atoms with van der Waals surface area (Å²) in [5, 5.41) is 26.8. The third-order valence-corrected chi connectivity index (χ3v) is 3.77. The molecule has 0 fully saturated rings. The van der Waals surface area contributed by atoms with Crippen LogP contribution in [-0.4, -0.2) is 39.9 Å². The largest absolute Gasteiger partial charge is 0.365 e. The average Bonchev–Trinajstić information content (AvgIpc) is 3.08. The van der Waals surface area contributed by atoms with Crippen molar-refractivity contribution in [3.63, 3.8) is 0 Å². The molecule has 2 aromatic rings. The lowest BCUT2D eigenvalue weighted by Crippen LogP contribution is -2.22. The number of anilines is 1. The van der Waals surface area contributed by atoms with E-state index >= 15 is 0 Å². The van der Waals surface area contributed by atoms with Crippen LogP contribution in [0, 0.1) is 17.3 Å². The van der Waals surface area contributed by atoms with E-state index in [1.54, 1.807) is 11.8 Å². The highest BCUT2D eigenvalue weighted by molar-refractivity contribution is 7.98. The Hall–Kier alpha value is -2.55. The Balaban J connectivity index is 0.00000105.